The first-order valence-electron chi connectivity index (χ1n) is 10.5. The highest BCUT2D eigenvalue weighted by Crippen LogP contribution is 2.36. The fraction of sp³-hybridized carbons (Fsp3) is 0.250. The third-order valence-corrected chi connectivity index (χ3v) is 7.17. The van der Waals surface area contributed by atoms with Crippen LogP contribution < -0.4 is 5.14 Å². The number of primary sulfonamides is 1. The van der Waals surface area contributed by atoms with Crippen molar-refractivity contribution in [2.45, 2.75) is 31.6 Å². The van der Waals surface area contributed by atoms with Crippen LogP contribution in [-0.4, -0.2) is 42.7 Å². The molecule has 2 aromatic carbocycles. The molecule has 4 rings (SSSR count). The number of hydrogen-bond acceptors (Lipinski definition) is 4. The van der Waals surface area contributed by atoms with E-state index in [4.69, 9.17) is 16.7 Å². The molecule has 1 aliphatic rings. The van der Waals surface area contributed by atoms with Crippen LogP contribution in [0.5, 0.6) is 0 Å². The van der Waals surface area contributed by atoms with Crippen molar-refractivity contribution in [3.05, 3.63) is 70.5 Å². The second kappa shape index (κ2) is 8.78. The van der Waals surface area contributed by atoms with Gasteiger partial charge in [0.05, 0.1) is 11.4 Å². The van der Waals surface area contributed by atoms with Crippen molar-refractivity contribution < 1.29 is 18.0 Å². The number of amides is 1. The van der Waals surface area contributed by atoms with Crippen molar-refractivity contribution in [3.63, 3.8) is 0 Å². The Morgan fingerprint density at radius 3 is 2.21 bits per heavy atom. The fourth-order valence-corrected chi connectivity index (χ4v) is 5.09. The van der Waals surface area contributed by atoms with Gasteiger partial charge in [-0.05, 0) is 62.2 Å². The third-order valence-electron chi connectivity index (χ3n) is 5.99. The Labute approximate surface area is 197 Å². The SMILES string of the molecule is Cc1c(C(=O)CN2CCCC2=O)c(-c2ccc(S(N)(=O)=O)cc2)c(C)n1-c1ccc(Cl)cc1. The Balaban J connectivity index is 1.87. The van der Waals surface area contributed by atoms with Crippen LogP contribution in [0.2, 0.25) is 5.02 Å². The number of aromatic nitrogens is 1. The molecule has 2 N–H and O–H groups in total. The van der Waals surface area contributed by atoms with Gasteiger partial charge in [0.15, 0.2) is 5.78 Å². The number of halogens is 1. The molecule has 0 unspecified atom stereocenters. The molecule has 2 heterocycles. The van der Waals surface area contributed by atoms with Crippen LogP contribution >= 0.6 is 11.6 Å². The zero-order valence-corrected chi connectivity index (χ0v) is 19.9. The molecule has 1 fully saturated rings. The second-order valence-electron chi connectivity index (χ2n) is 8.14. The van der Waals surface area contributed by atoms with Crippen molar-refractivity contribution in [1.29, 1.82) is 0 Å². The summed E-state index contributed by atoms with van der Waals surface area (Å²) < 4.78 is 25.3. The van der Waals surface area contributed by atoms with Crippen molar-refractivity contribution in [3.8, 4) is 16.8 Å². The van der Waals surface area contributed by atoms with Crippen LogP contribution in [0.25, 0.3) is 16.8 Å². The lowest BCUT2D eigenvalue weighted by molar-refractivity contribution is -0.127. The van der Waals surface area contributed by atoms with Crippen molar-refractivity contribution >= 4 is 33.3 Å². The molecule has 0 spiro atoms. The zero-order valence-electron chi connectivity index (χ0n) is 18.3. The summed E-state index contributed by atoms with van der Waals surface area (Å²) in [6.45, 7) is 4.34. The zero-order chi connectivity index (χ0) is 23.9. The number of benzene rings is 2. The number of likely N-dealkylation sites (tertiary alicyclic amines) is 1. The third kappa shape index (κ3) is 4.46. The predicted molar refractivity (Wildman–Crippen MR) is 127 cm³/mol. The molecule has 0 radical (unpaired) electrons. The van der Waals surface area contributed by atoms with Crippen LogP contribution in [-0.2, 0) is 14.8 Å². The quantitative estimate of drug-likeness (QED) is 0.535. The van der Waals surface area contributed by atoms with Gasteiger partial charge in [-0.2, -0.15) is 0 Å². The molecule has 0 atom stereocenters. The van der Waals surface area contributed by atoms with E-state index in [1.165, 1.54) is 12.1 Å². The lowest BCUT2D eigenvalue weighted by Crippen LogP contribution is -2.31. The van der Waals surface area contributed by atoms with E-state index in [0.29, 0.717) is 34.7 Å². The van der Waals surface area contributed by atoms with Gasteiger partial charge in [-0.25, -0.2) is 13.6 Å². The maximum Gasteiger partial charge on any atom is 0.238 e. The summed E-state index contributed by atoms with van der Waals surface area (Å²) in [6.07, 6.45) is 1.21. The number of sulfonamides is 1. The Bertz CT molecular complexity index is 1340. The summed E-state index contributed by atoms with van der Waals surface area (Å²) in [5.74, 6) is -0.182. The van der Waals surface area contributed by atoms with Gasteiger partial charge >= 0.3 is 0 Å². The number of carbonyl (C=O) groups is 2. The molecule has 0 bridgehead atoms. The Hall–Kier alpha value is -2.94. The van der Waals surface area contributed by atoms with Gasteiger partial charge in [0, 0.05) is 46.2 Å². The molecular formula is C24H24ClN3O4S. The topological polar surface area (TPSA) is 102 Å². The number of carbonyl (C=O) groups excluding carboxylic acids is 2. The number of nitrogens with two attached hydrogens (primary N) is 1. The first kappa shape index (κ1) is 23.2. The average Bonchev–Trinajstić information content (AvgIpc) is 3.28. The van der Waals surface area contributed by atoms with Gasteiger partial charge in [0.2, 0.25) is 15.9 Å². The number of ketones is 1. The lowest BCUT2D eigenvalue weighted by atomic mass is 9.97. The minimum Gasteiger partial charge on any atom is -0.335 e. The normalized spacial score (nSPS) is 14.2. The van der Waals surface area contributed by atoms with Gasteiger partial charge in [0.1, 0.15) is 0 Å². The standard InChI is InChI=1S/C24H24ClN3O4S/c1-15-23(17-5-11-20(12-6-17)33(26,31)32)24(21(29)14-27-13-3-4-22(27)30)16(2)28(15)19-9-7-18(25)8-10-19/h5-12H,3-4,13-14H2,1-2H3,(H2,26,31,32). The molecule has 3 aromatic rings. The van der Waals surface area contributed by atoms with Crippen LogP contribution in [0.4, 0.5) is 0 Å². The summed E-state index contributed by atoms with van der Waals surface area (Å²) in [5, 5.41) is 5.84. The number of rotatable bonds is 6. The highest BCUT2D eigenvalue weighted by atomic mass is 35.5. The van der Waals surface area contributed by atoms with Crippen molar-refractivity contribution in [2.24, 2.45) is 5.14 Å². The molecular weight excluding hydrogens is 462 g/mol. The molecule has 0 saturated carbocycles. The van der Waals surface area contributed by atoms with Crippen molar-refractivity contribution in [1.82, 2.24) is 9.47 Å². The maximum absolute atomic E-state index is 13.5. The minimum atomic E-state index is -3.84. The molecule has 1 saturated heterocycles. The van der Waals surface area contributed by atoms with E-state index in [1.807, 2.05) is 30.5 Å². The maximum atomic E-state index is 13.5. The van der Waals surface area contributed by atoms with Gasteiger partial charge in [-0.3, -0.25) is 9.59 Å². The van der Waals surface area contributed by atoms with E-state index in [9.17, 15) is 18.0 Å². The lowest BCUT2D eigenvalue weighted by Gasteiger charge is -2.15. The van der Waals surface area contributed by atoms with E-state index in [1.54, 1.807) is 29.2 Å². The summed E-state index contributed by atoms with van der Waals surface area (Å²) in [5.41, 5.74) is 4.27. The first-order chi connectivity index (χ1) is 15.6. The number of Topliss-reactive ketones (excluding diaryl/α,β-unsaturated/α-hetero) is 1. The van der Waals surface area contributed by atoms with Crippen molar-refractivity contribution in [2.75, 3.05) is 13.1 Å². The largest absolute Gasteiger partial charge is 0.335 e. The summed E-state index contributed by atoms with van der Waals surface area (Å²) >= 11 is 6.06. The molecule has 0 aliphatic carbocycles. The van der Waals surface area contributed by atoms with Crippen LogP contribution in [0.1, 0.15) is 34.6 Å². The highest BCUT2D eigenvalue weighted by Gasteiger charge is 2.29. The van der Waals surface area contributed by atoms with Crippen LogP contribution in [0.15, 0.2) is 53.4 Å². The van der Waals surface area contributed by atoms with Gasteiger partial charge in [0.25, 0.3) is 0 Å². The predicted octanol–water partition coefficient (Wildman–Crippen LogP) is 3.87. The Kier molecular flexibility index (Phi) is 6.18. The number of hydrogen-bond donors (Lipinski definition) is 1. The van der Waals surface area contributed by atoms with E-state index in [0.717, 1.165) is 23.5 Å². The van der Waals surface area contributed by atoms with Gasteiger partial charge in [-0.1, -0.05) is 23.7 Å². The van der Waals surface area contributed by atoms with Crippen LogP contribution in [0.3, 0.4) is 0 Å². The summed E-state index contributed by atoms with van der Waals surface area (Å²) in [7, 11) is -3.84. The molecule has 7 nitrogen and oxygen atoms in total. The summed E-state index contributed by atoms with van der Waals surface area (Å²) in [4.78, 5) is 27.2. The van der Waals surface area contributed by atoms with Gasteiger partial charge in [-0.15, -0.1) is 0 Å². The van der Waals surface area contributed by atoms with Crippen LogP contribution in [0, 0.1) is 13.8 Å². The fourth-order valence-electron chi connectivity index (χ4n) is 4.44. The first-order valence-corrected chi connectivity index (χ1v) is 12.4. The van der Waals surface area contributed by atoms with E-state index >= 15 is 0 Å². The number of nitrogens with zero attached hydrogens (tertiary/aromatic N) is 2. The molecule has 1 amide bonds. The molecule has 1 aromatic heterocycles. The molecule has 9 heteroatoms. The summed E-state index contributed by atoms with van der Waals surface area (Å²) in [6, 6.07) is 13.4. The smallest absolute Gasteiger partial charge is 0.238 e. The Morgan fingerprint density at radius 1 is 1.03 bits per heavy atom. The Morgan fingerprint density at radius 2 is 1.67 bits per heavy atom. The van der Waals surface area contributed by atoms with E-state index in [2.05, 4.69) is 0 Å². The average molecular weight is 486 g/mol. The molecule has 1 aliphatic heterocycles. The molecule has 33 heavy (non-hydrogen) atoms. The van der Waals surface area contributed by atoms with E-state index < -0.39 is 10.0 Å². The monoisotopic (exact) mass is 485 g/mol. The van der Waals surface area contributed by atoms with Gasteiger partial charge < -0.3 is 9.47 Å². The molecule has 172 valence electrons. The minimum absolute atomic E-state index is 0.00596. The second-order valence-corrected chi connectivity index (χ2v) is 10.1. The highest BCUT2D eigenvalue weighted by molar-refractivity contribution is 7.89. The van der Waals surface area contributed by atoms with E-state index in [-0.39, 0.29) is 23.1 Å².